The second-order valence-corrected chi connectivity index (χ2v) is 8.15. The molecule has 4 heteroatoms. The minimum absolute atomic E-state index is 1.07. The predicted molar refractivity (Wildman–Crippen MR) is 115 cm³/mol. The SMILES string of the molecule is C(=C\c1cc2ccccc2nc1N1CCCCC1)/c1[nH+]c2ccccc2s1. The molecule has 1 aliphatic heterocycles. The number of nitrogens with one attached hydrogen (secondary N) is 1. The zero-order valence-electron chi connectivity index (χ0n) is 15.2. The van der Waals surface area contributed by atoms with Gasteiger partial charge in [-0.2, -0.15) is 4.98 Å². The van der Waals surface area contributed by atoms with E-state index < -0.39 is 0 Å². The van der Waals surface area contributed by atoms with E-state index in [-0.39, 0.29) is 0 Å². The van der Waals surface area contributed by atoms with Gasteiger partial charge in [0.05, 0.1) is 5.52 Å². The Hall–Kier alpha value is -2.72. The van der Waals surface area contributed by atoms with Crippen molar-refractivity contribution < 1.29 is 4.98 Å². The lowest BCUT2D eigenvalue weighted by atomic mass is 10.1. The minimum atomic E-state index is 1.07. The minimum Gasteiger partial charge on any atom is -0.356 e. The molecule has 0 unspecified atom stereocenters. The van der Waals surface area contributed by atoms with Crippen LogP contribution in [0.5, 0.6) is 0 Å². The number of benzene rings is 2. The first-order chi connectivity index (χ1) is 13.4. The van der Waals surface area contributed by atoms with Gasteiger partial charge in [0.25, 0.3) is 5.01 Å². The van der Waals surface area contributed by atoms with E-state index in [0.717, 1.165) is 29.4 Å². The fraction of sp³-hybridized carbons (Fsp3) is 0.217. The molecular weight excluding hydrogens is 350 g/mol. The van der Waals surface area contributed by atoms with Crippen LogP contribution in [0.15, 0.2) is 54.6 Å². The number of aromatic amines is 1. The summed E-state index contributed by atoms with van der Waals surface area (Å²) in [5.74, 6) is 1.12. The average molecular weight is 373 g/mol. The number of thiazole rings is 1. The lowest BCUT2D eigenvalue weighted by Crippen LogP contribution is -2.30. The van der Waals surface area contributed by atoms with E-state index in [1.807, 2.05) is 0 Å². The highest BCUT2D eigenvalue weighted by molar-refractivity contribution is 7.18. The van der Waals surface area contributed by atoms with E-state index in [0.29, 0.717) is 0 Å². The molecule has 2 aromatic heterocycles. The Bertz CT molecular complexity index is 1090. The molecule has 1 aliphatic rings. The van der Waals surface area contributed by atoms with Gasteiger partial charge in [-0.3, -0.25) is 0 Å². The first kappa shape index (κ1) is 16.5. The van der Waals surface area contributed by atoms with E-state index in [1.54, 1.807) is 11.3 Å². The van der Waals surface area contributed by atoms with Gasteiger partial charge >= 0.3 is 0 Å². The second-order valence-electron chi connectivity index (χ2n) is 7.06. The van der Waals surface area contributed by atoms with Crippen molar-refractivity contribution >= 4 is 50.4 Å². The van der Waals surface area contributed by atoms with E-state index in [2.05, 4.69) is 76.6 Å². The Morgan fingerprint density at radius 1 is 0.926 bits per heavy atom. The number of hydrogen-bond donors (Lipinski definition) is 0. The Kier molecular flexibility index (Phi) is 4.34. The van der Waals surface area contributed by atoms with Crippen molar-refractivity contribution in [2.75, 3.05) is 18.0 Å². The van der Waals surface area contributed by atoms with Gasteiger partial charge in [-0.15, -0.1) is 0 Å². The molecule has 0 atom stereocenters. The van der Waals surface area contributed by atoms with Crippen LogP contribution in [-0.2, 0) is 0 Å². The summed E-state index contributed by atoms with van der Waals surface area (Å²) in [6.07, 6.45) is 8.23. The maximum atomic E-state index is 5.02. The molecule has 134 valence electrons. The van der Waals surface area contributed by atoms with Crippen molar-refractivity contribution in [3.63, 3.8) is 0 Å². The summed E-state index contributed by atoms with van der Waals surface area (Å²) >= 11 is 1.79. The zero-order chi connectivity index (χ0) is 18.1. The predicted octanol–water partition coefficient (Wildman–Crippen LogP) is 5.42. The lowest BCUT2D eigenvalue weighted by molar-refractivity contribution is -0.340. The van der Waals surface area contributed by atoms with Crippen molar-refractivity contribution in [2.45, 2.75) is 19.3 Å². The van der Waals surface area contributed by atoms with Crippen LogP contribution in [0, 0.1) is 0 Å². The summed E-state index contributed by atoms with van der Waals surface area (Å²) in [4.78, 5) is 11.0. The Balaban J connectivity index is 1.57. The fourth-order valence-electron chi connectivity index (χ4n) is 3.78. The number of hydrogen-bond acceptors (Lipinski definition) is 3. The summed E-state index contributed by atoms with van der Waals surface area (Å²) < 4.78 is 1.28. The van der Waals surface area contributed by atoms with E-state index >= 15 is 0 Å². The van der Waals surface area contributed by atoms with Crippen LogP contribution in [0.3, 0.4) is 0 Å². The molecule has 4 aromatic rings. The number of anilines is 1. The van der Waals surface area contributed by atoms with Crippen LogP contribution in [0.4, 0.5) is 5.82 Å². The molecule has 0 amide bonds. The van der Waals surface area contributed by atoms with Crippen molar-refractivity contribution in [3.05, 3.63) is 65.2 Å². The maximum Gasteiger partial charge on any atom is 0.261 e. The van der Waals surface area contributed by atoms with Crippen LogP contribution in [0.25, 0.3) is 33.3 Å². The number of pyridine rings is 1. The van der Waals surface area contributed by atoms with Crippen molar-refractivity contribution in [1.29, 1.82) is 0 Å². The number of fused-ring (bicyclic) bond motifs is 2. The molecule has 1 N–H and O–H groups in total. The molecule has 2 aromatic carbocycles. The van der Waals surface area contributed by atoms with E-state index in [4.69, 9.17) is 4.98 Å². The van der Waals surface area contributed by atoms with Crippen molar-refractivity contribution in [3.8, 4) is 0 Å². The van der Waals surface area contributed by atoms with Crippen LogP contribution in [-0.4, -0.2) is 18.1 Å². The summed E-state index contributed by atoms with van der Waals surface area (Å²) in [6, 6.07) is 19.1. The van der Waals surface area contributed by atoms with Gasteiger partial charge in [0, 0.05) is 36.2 Å². The number of piperidine rings is 1. The third-order valence-corrected chi connectivity index (χ3v) is 6.20. The van der Waals surface area contributed by atoms with Crippen molar-refractivity contribution in [2.24, 2.45) is 0 Å². The molecule has 0 bridgehead atoms. The zero-order valence-corrected chi connectivity index (χ0v) is 16.0. The summed E-state index contributed by atoms with van der Waals surface area (Å²) in [6.45, 7) is 2.20. The third-order valence-electron chi connectivity index (χ3n) is 5.17. The molecule has 1 saturated heterocycles. The Labute approximate surface area is 163 Å². The first-order valence-corrected chi connectivity index (χ1v) is 10.4. The molecule has 0 aliphatic carbocycles. The number of para-hydroxylation sites is 2. The Morgan fingerprint density at radius 3 is 2.63 bits per heavy atom. The highest BCUT2D eigenvalue weighted by Crippen LogP contribution is 2.28. The largest absolute Gasteiger partial charge is 0.356 e. The van der Waals surface area contributed by atoms with Crippen molar-refractivity contribution in [1.82, 2.24) is 4.98 Å². The molecule has 1 fully saturated rings. The van der Waals surface area contributed by atoms with Gasteiger partial charge in [0.2, 0.25) is 5.52 Å². The lowest BCUT2D eigenvalue weighted by Gasteiger charge is -2.29. The molecular formula is C23H22N3S+. The van der Waals surface area contributed by atoms with Gasteiger partial charge < -0.3 is 4.90 Å². The third kappa shape index (κ3) is 3.33. The van der Waals surface area contributed by atoms with Gasteiger partial charge in [0.1, 0.15) is 10.5 Å². The molecule has 0 spiro atoms. The van der Waals surface area contributed by atoms with Crippen LogP contribution in [0.2, 0.25) is 0 Å². The number of nitrogens with zero attached hydrogens (tertiary/aromatic N) is 2. The van der Waals surface area contributed by atoms with Crippen LogP contribution < -0.4 is 9.88 Å². The van der Waals surface area contributed by atoms with Crippen LogP contribution in [0.1, 0.15) is 29.8 Å². The molecule has 3 heterocycles. The number of H-pyrrole nitrogens is 1. The van der Waals surface area contributed by atoms with Gasteiger partial charge in [0.15, 0.2) is 0 Å². The topological polar surface area (TPSA) is 30.3 Å². The highest BCUT2D eigenvalue weighted by atomic mass is 32.1. The molecule has 27 heavy (non-hydrogen) atoms. The standard InChI is InChI=1S/C23H21N3S/c1-6-14-26(15-7-1)23-18(16-17-8-2-3-9-19(17)25-23)12-13-22-24-20-10-4-5-11-21(20)27-22/h2-5,8-13,16H,1,6-7,14-15H2/p+1/b13-12+. The van der Waals surface area contributed by atoms with Crippen LogP contribution >= 0.6 is 11.3 Å². The highest BCUT2D eigenvalue weighted by Gasteiger charge is 2.16. The normalized spacial score (nSPS) is 15.2. The number of rotatable bonds is 3. The fourth-order valence-corrected chi connectivity index (χ4v) is 4.69. The molecule has 5 rings (SSSR count). The first-order valence-electron chi connectivity index (χ1n) is 9.60. The quantitative estimate of drug-likeness (QED) is 0.480. The molecule has 3 nitrogen and oxygen atoms in total. The van der Waals surface area contributed by atoms with Gasteiger partial charge in [-0.25, -0.2) is 4.98 Å². The average Bonchev–Trinajstić information content (AvgIpc) is 3.15. The van der Waals surface area contributed by atoms with Gasteiger partial charge in [-0.05, 0) is 43.5 Å². The van der Waals surface area contributed by atoms with Gasteiger partial charge in [-0.1, -0.05) is 41.7 Å². The molecule has 0 saturated carbocycles. The summed E-state index contributed by atoms with van der Waals surface area (Å²) in [5.41, 5.74) is 3.46. The smallest absolute Gasteiger partial charge is 0.261 e. The summed E-state index contributed by atoms with van der Waals surface area (Å²) in [5, 5.41) is 2.35. The molecule has 0 radical (unpaired) electrons. The maximum absolute atomic E-state index is 5.02. The second kappa shape index (κ2) is 7.12. The monoisotopic (exact) mass is 372 g/mol. The van der Waals surface area contributed by atoms with E-state index in [9.17, 15) is 0 Å². The summed E-state index contributed by atoms with van der Waals surface area (Å²) in [7, 11) is 0. The van der Waals surface area contributed by atoms with E-state index in [1.165, 1.54) is 40.4 Å². The Morgan fingerprint density at radius 2 is 1.74 bits per heavy atom. The number of aromatic nitrogens is 2.